The second-order valence-electron chi connectivity index (χ2n) is 5.19. The van der Waals surface area contributed by atoms with E-state index in [0.29, 0.717) is 0 Å². The van der Waals surface area contributed by atoms with Crippen LogP contribution < -0.4 is 0 Å². The Morgan fingerprint density at radius 3 is 2.94 bits per heavy atom. The molecular weight excluding hydrogens is 240 g/mol. The molecule has 3 heteroatoms. The van der Waals surface area contributed by atoms with Crippen LogP contribution in [-0.4, -0.2) is 43.0 Å². The van der Waals surface area contributed by atoms with E-state index < -0.39 is 0 Å². The highest BCUT2D eigenvalue weighted by atomic mass is 32.1. The van der Waals surface area contributed by atoms with Gasteiger partial charge in [-0.1, -0.05) is 18.2 Å². The van der Waals surface area contributed by atoms with Gasteiger partial charge in [0, 0.05) is 24.3 Å². The van der Waals surface area contributed by atoms with Crippen LogP contribution in [0.15, 0.2) is 29.6 Å². The minimum absolute atomic E-state index is 1.11. The van der Waals surface area contributed by atoms with Crippen molar-refractivity contribution in [3.05, 3.63) is 35.2 Å². The van der Waals surface area contributed by atoms with Gasteiger partial charge in [0.15, 0.2) is 0 Å². The Kier molecular flexibility index (Phi) is 3.64. The summed E-state index contributed by atoms with van der Waals surface area (Å²) in [5.74, 6) is 0. The largest absolute Gasteiger partial charge is 0.305 e. The van der Waals surface area contributed by atoms with Crippen LogP contribution >= 0.6 is 11.3 Å². The van der Waals surface area contributed by atoms with Crippen LogP contribution in [0.25, 0.3) is 10.1 Å². The van der Waals surface area contributed by atoms with Crippen molar-refractivity contribution in [2.45, 2.75) is 13.0 Å². The second kappa shape index (κ2) is 5.39. The van der Waals surface area contributed by atoms with Gasteiger partial charge in [0.05, 0.1) is 0 Å². The number of thiophene rings is 1. The van der Waals surface area contributed by atoms with E-state index in [2.05, 4.69) is 46.5 Å². The van der Waals surface area contributed by atoms with E-state index in [4.69, 9.17) is 0 Å². The molecule has 0 atom stereocenters. The highest BCUT2D eigenvalue weighted by Crippen LogP contribution is 2.26. The fourth-order valence-corrected chi connectivity index (χ4v) is 3.61. The molecule has 0 spiro atoms. The van der Waals surface area contributed by atoms with E-state index in [0.717, 1.165) is 6.54 Å². The normalized spacial score (nSPS) is 19.2. The lowest BCUT2D eigenvalue weighted by Crippen LogP contribution is -2.28. The Hall–Kier alpha value is -0.900. The zero-order valence-corrected chi connectivity index (χ0v) is 11.7. The maximum atomic E-state index is 2.60. The molecule has 1 aliphatic heterocycles. The third-order valence-electron chi connectivity index (χ3n) is 3.77. The predicted molar refractivity (Wildman–Crippen MR) is 79.2 cm³/mol. The smallest absolute Gasteiger partial charge is 0.0346 e. The molecule has 1 aromatic heterocycles. The molecule has 2 aromatic rings. The van der Waals surface area contributed by atoms with Gasteiger partial charge >= 0.3 is 0 Å². The lowest BCUT2D eigenvalue weighted by Gasteiger charge is -2.19. The summed E-state index contributed by atoms with van der Waals surface area (Å²) in [5.41, 5.74) is 1.50. The minimum Gasteiger partial charge on any atom is -0.305 e. The summed E-state index contributed by atoms with van der Waals surface area (Å²) < 4.78 is 1.42. The topological polar surface area (TPSA) is 6.48 Å². The first-order valence-corrected chi connectivity index (χ1v) is 7.57. The Balaban J connectivity index is 1.75. The average Bonchev–Trinajstić information content (AvgIpc) is 2.67. The molecular formula is C15H20N2S. The lowest BCUT2D eigenvalue weighted by molar-refractivity contribution is 0.270. The van der Waals surface area contributed by atoms with Crippen LogP contribution in [0.5, 0.6) is 0 Å². The molecule has 0 bridgehead atoms. The molecule has 0 N–H and O–H groups in total. The van der Waals surface area contributed by atoms with Crippen molar-refractivity contribution >= 4 is 21.4 Å². The summed E-state index contributed by atoms with van der Waals surface area (Å²) in [4.78, 5) is 5.03. The van der Waals surface area contributed by atoms with E-state index in [1.165, 1.54) is 48.2 Å². The molecule has 0 amide bonds. The summed E-state index contributed by atoms with van der Waals surface area (Å²) in [6.45, 7) is 5.97. The number of hydrogen-bond acceptors (Lipinski definition) is 3. The SMILES string of the molecule is CN1CCCN(Cc2csc3ccccc23)CC1. The van der Waals surface area contributed by atoms with Crippen LogP contribution in [0, 0.1) is 0 Å². The molecule has 1 aliphatic rings. The fourth-order valence-electron chi connectivity index (χ4n) is 2.65. The van der Waals surface area contributed by atoms with E-state index in [9.17, 15) is 0 Å². The number of fused-ring (bicyclic) bond motifs is 1. The molecule has 3 rings (SSSR count). The van der Waals surface area contributed by atoms with Crippen molar-refractivity contribution in [1.82, 2.24) is 9.80 Å². The Morgan fingerprint density at radius 1 is 1.11 bits per heavy atom. The molecule has 0 radical (unpaired) electrons. The maximum absolute atomic E-state index is 2.60. The van der Waals surface area contributed by atoms with Crippen molar-refractivity contribution < 1.29 is 0 Å². The fraction of sp³-hybridized carbons (Fsp3) is 0.467. The predicted octanol–water partition coefficient (Wildman–Crippen LogP) is 3.04. The van der Waals surface area contributed by atoms with Gasteiger partial charge in [-0.05, 0) is 49.0 Å². The van der Waals surface area contributed by atoms with Gasteiger partial charge in [0.1, 0.15) is 0 Å². The number of rotatable bonds is 2. The maximum Gasteiger partial charge on any atom is 0.0346 e. The minimum atomic E-state index is 1.11. The quantitative estimate of drug-likeness (QED) is 0.819. The van der Waals surface area contributed by atoms with Crippen molar-refractivity contribution in [3.8, 4) is 0 Å². The third kappa shape index (κ3) is 2.58. The van der Waals surface area contributed by atoms with Crippen molar-refractivity contribution in [2.24, 2.45) is 0 Å². The number of likely N-dealkylation sites (N-methyl/N-ethyl adjacent to an activating group) is 1. The van der Waals surface area contributed by atoms with Gasteiger partial charge in [0.25, 0.3) is 0 Å². The van der Waals surface area contributed by atoms with Crippen molar-refractivity contribution in [2.75, 3.05) is 33.2 Å². The molecule has 18 heavy (non-hydrogen) atoms. The first kappa shape index (κ1) is 12.2. The summed E-state index contributed by atoms with van der Waals surface area (Å²) in [6, 6.07) is 8.75. The van der Waals surface area contributed by atoms with Gasteiger partial charge in [-0.25, -0.2) is 0 Å². The highest BCUT2D eigenvalue weighted by molar-refractivity contribution is 7.17. The number of hydrogen-bond donors (Lipinski definition) is 0. The van der Waals surface area contributed by atoms with Crippen molar-refractivity contribution in [3.63, 3.8) is 0 Å². The average molecular weight is 260 g/mol. The summed E-state index contributed by atoms with van der Waals surface area (Å²) in [7, 11) is 2.23. The first-order valence-electron chi connectivity index (χ1n) is 6.69. The molecule has 0 unspecified atom stereocenters. The zero-order valence-electron chi connectivity index (χ0n) is 10.9. The van der Waals surface area contributed by atoms with Crippen LogP contribution in [0.3, 0.4) is 0 Å². The van der Waals surface area contributed by atoms with Gasteiger partial charge < -0.3 is 4.90 Å². The van der Waals surface area contributed by atoms with Crippen LogP contribution in [0.4, 0.5) is 0 Å². The highest BCUT2D eigenvalue weighted by Gasteiger charge is 2.13. The monoisotopic (exact) mass is 260 g/mol. The molecule has 0 saturated carbocycles. The summed E-state index contributed by atoms with van der Waals surface area (Å²) >= 11 is 1.87. The van der Waals surface area contributed by atoms with Gasteiger partial charge in [-0.3, -0.25) is 4.90 Å². The van der Waals surface area contributed by atoms with Gasteiger partial charge in [-0.15, -0.1) is 11.3 Å². The third-order valence-corrected chi connectivity index (χ3v) is 4.78. The molecule has 0 aliphatic carbocycles. The van der Waals surface area contributed by atoms with E-state index in [1.807, 2.05) is 11.3 Å². The molecule has 1 saturated heterocycles. The first-order chi connectivity index (χ1) is 8.83. The lowest BCUT2D eigenvalue weighted by atomic mass is 10.1. The Bertz CT molecular complexity index is 520. The van der Waals surface area contributed by atoms with Gasteiger partial charge in [0.2, 0.25) is 0 Å². The number of benzene rings is 1. The second-order valence-corrected chi connectivity index (χ2v) is 6.10. The van der Waals surface area contributed by atoms with Crippen LogP contribution in [-0.2, 0) is 6.54 Å². The molecule has 2 heterocycles. The zero-order chi connectivity index (χ0) is 12.4. The van der Waals surface area contributed by atoms with Crippen LogP contribution in [0.2, 0.25) is 0 Å². The van der Waals surface area contributed by atoms with E-state index in [1.54, 1.807) is 0 Å². The molecule has 1 fully saturated rings. The van der Waals surface area contributed by atoms with E-state index in [-0.39, 0.29) is 0 Å². The number of nitrogens with zero attached hydrogens (tertiary/aromatic N) is 2. The summed E-state index contributed by atoms with van der Waals surface area (Å²) in [5, 5.41) is 3.78. The standard InChI is InChI=1S/C15H20N2S/c1-16-7-4-8-17(10-9-16)11-13-12-18-15-6-3-2-5-14(13)15/h2-3,5-6,12H,4,7-11H2,1H3. The van der Waals surface area contributed by atoms with Crippen LogP contribution in [0.1, 0.15) is 12.0 Å². The van der Waals surface area contributed by atoms with E-state index >= 15 is 0 Å². The molecule has 96 valence electrons. The molecule has 2 nitrogen and oxygen atoms in total. The molecule has 1 aromatic carbocycles. The summed E-state index contributed by atoms with van der Waals surface area (Å²) in [6.07, 6.45) is 1.29. The van der Waals surface area contributed by atoms with Crippen molar-refractivity contribution in [1.29, 1.82) is 0 Å². The Labute approximate surface area is 113 Å². The van der Waals surface area contributed by atoms with Gasteiger partial charge in [-0.2, -0.15) is 0 Å². The Morgan fingerprint density at radius 2 is 2.00 bits per heavy atom.